The fraction of sp³-hybridized carbons (Fsp3) is 0.648. The molecule has 2 rings (SSSR count). The zero-order chi connectivity index (χ0) is 61.6. The Balaban J connectivity index is 1.65. The molecule has 0 spiro atoms. The monoisotopic (exact) mass is 1190 g/mol. The molecule has 85 heavy (non-hydrogen) atoms. The van der Waals surface area contributed by atoms with Gasteiger partial charge in [0.15, 0.2) is 12.6 Å². The number of rotatable bonds is 50. The first-order valence-corrected chi connectivity index (χ1v) is 32.6. The SMILES string of the molecule is CC/C=C\C/C=C\C/C=C\C/C=C\C/C=C\C/C=C\C/C=C\C/C=C\C/C=C\C/C=C\C/C=C\CCCCCCCC(=O)NC(COC1OC(CO)C(OC2OC(CO)C(O)C(O)C2O)C(O)C1O)C(O)/C=C/CCCCCCCCCCCC. The van der Waals surface area contributed by atoms with Gasteiger partial charge in [-0.15, -0.1) is 0 Å². The molecule has 0 aromatic rings. The third-order valence-electron chi connectivity index (χ3n) is 14.8. The standard InChI is InChI=1S/C71H115NO13/c1-3-5-7-9-11-13-15-17-18-19-20-21-22-23-24-25-26-27-28-29-30-31-32-33-34-35-36-37-38-39-40-41-42-43-45-47-49-51-53-55-63(76)72-59(60(75)54-52-50-48-46-44-16-14-12-10-8-6-4-2)58-82-70-68(81)66(79)69(62(57-74)84-70)85-71-67(80)65(78)64(77)61(56-73)83-71/h5,7,11,13,17-18,20-21,23-24,26-27,29-30,32-33,35-36,38-39,41-42,52,54,59-62,64-71,73-75,77-81H,3-4,6,8-10,12,14-16,19,22,25,28,31,34,37,40,43-51,53,55-58H2,1-2H3,(H,72,76)/b7-5-,13-11-,18-17-,21-20-,24-23-,27-26-,30-29-,33-32-,36-35-,39-38-,42-41-,54-52+. The summed E-state index contributed by atoms with van der Waals surface area (Å²) < 4.78 is 22.7. The van der Waals surface area contributed by atoms with Gasteiger partial charge in [-0.2, -0.15) is 0 Å². The first-order valence-electron chi connectivity index (χ1n) is 32.6. The summed E-state index contributed by atoms with van der Waals surface area (Å²) in [4.78, 5) is 13.3. The quantitative estimate of drug-likeness (QED) is 0.0204. The number of aliphatic hydroxyl groups excluding tert-OH is 8. The van der Waals surface area contributed by atoms with E-state index in [0.29, 0.717) is 6.42 Å². The summed E-state index contributed by atoms with van der Waals surface area (Å²) in [7, 11) is 0. The molecule has 9 N–H and O–H groups in total. The smallest absolute Gasteiger partial charge is 0.220 e. The second-order valence-corrected chi connectivity index (χ2v) is 22.2. The average Bonchev–Trinajstić information content (AvgIpc) is 3.60. The molecule has 14 nitrogen and oxygen atoms in total. The van der Waals surface area contributed by atoms with E-state index in [-0.39, 0.29) is 18.9 Å². The van der Waals surface area contributed by atoms with E-state index in [1.807, 2.05) is 6.08 Å². The van der Waals surface area contributed by atoms with Crippen LogP contribution < -0.4 is 5.32 Å². The van der Waals surface area contributed by atoms with Gasteiger partial charge in [0.1, 0.15) is 48.8 Å². The number of hydrogen-bond acceptors (Lipinski definition) is 13. The predicted molar refractivity (Wildman–Crippen MR) is 345 cm³/mol. The lowest BCUT2D eigenvalue weighted by atomic mass is 9.97. The minimum absolute atomic E-state index is 0.249. The van der Waals surface area contributed by atoms with E-state index in [9.17, 15) is 45.6 Å². The van der Waals surface area contributed by atoms with Gasteiger partial charge in [0.2, 0.25) is 5.91 Å². The highest BCUT2D eigenvalue weighted by Gasteiger charge is 2.51. The summed E-state index contributed by atoms with van der Waals surface area (Å²) in [5.74, 6) is -0.266. The lowest BCUT2D eigenvalue weighted by Gasteiger charge is -2.46. The number of hydrogen-bond donors (Lipinski definition) is 9. The van der Waals surface area contributed by atoms with Crippen LogP contribution in [-0.4, -0.2) is 140 Å². The summed E-state index contributed by atoms with van der Waals surface area (Å²) in [5, 5.41) is 87.0. The van der Waals surface area contributed by atoms with Crippen LogP contribution in [0.3, 0.4) is 0 Å². The fourth-order valence-corrected chi connectivity index (χ4v) is 9.59. The number of carbonyl (C=O) groups is 1. The lowest BCUT2D eigenvalue weighted by Crippen LogP contribution is -2.65. The number of ether oxygens (including phenoxy) is 4. The molecular formula is C71H115NO13. The van der Waals surface area contributed by atoms with Crippen molar-refractivity contribution in [2.45, 2.75) is 274 Å². The molecule has 0 radical (unpaired) electrons. The Kier molecular flexibility index (Phi) is 48.9. The number of nitrogens with one attached hydrogen (secondary N) is 1. The van der Waals surface area contributed by atoms with Crippen LogP contribution in [0.25, 0.3) is 0 Å². The molecule has 0 aromatic heterocycles. The first-order chi connectivity index (χ1) is 41.6. The molecule has 14 heteroatoms. The molecule has 2 aliphatic rings. The maximum Gasteiger partial charge on any atom is 0.220 e. The molecule has 482 valence electrons. The molecule has 2 heterocycles. The molecule has 0 saturated carbocycles. The average molecular weight is 1190 g/mol. The van der Waals surface area contributed by atoms with Crippen molar-refractivity contribution < 1.29 is 64.6 Å². The normalized spacial score (nSPS) is 24.5. The van der Waals surface area contributed by atoms with Crippen molar-refractivity contribution in [3.63, 3.8) is 0 Å². The molecule has 0 aliphatic carbocycles. The van der Waals surface area contributed by atoms with Crippen LogP contribution in [0.1, 0.15) is 200 Å². The van der Waals surface area contributed by atoms with Crippen molar-refractivity contribution in [2.75, 3.05) is 19.8 Å². The van der Waals surface area contributed by atoms with Crippen molar-refractivity contribution in [3.8, 4) is 0 Å². The topological polar surface area (TPSA) is 228 Å². The van der Waals surface area contributed by atoms with Crippen LogP contribution in [0.2, 0.25) is 0 Å². The number of carbonyl (C=O) groups excluding carboxylic acids is 1. The second kappa shape index (κ2) is 54.1. The Morgan fingerprint density at radius 1 is 0.435 bits per heavy atom. The van der Waals surface area contributed by atoms with Gasteiger partial charge in [-0.25, -0.2) is 0 Å². The van der Waals surface area contributed by atoms with E-state index >= 15 is 0 Å². The third kappa shape index (κ3) is 38.7. The summed E-state index contributed by atoms with van der Waals surface area (Å²) in [5.41, 5.74) is 0. The highest BCUT2D eigenvalue weighted by Crippen LogP contribution is 2.30. The van der Waals surface area contributed by atoms with Gasteiger partial charge in [-0.3, -0.25) is 4.79 Å². The number of unbranched alkanes of at least 4 members (excludes halogenated alkanes) is 15. The Morgan fingerprint density at radius 2 is 0.812 bits per heavy atom. The van der Waals surface area contributed by atoms with E-state index in [0.717, 1.165) is 128 Å². The molecule has 0 bridgehead atoms. The Labute approximate surface area is 513 Å². The molecule has 2 fully saturated rings. The predicted octanol–water partition coefficient (Wildman–Crippen LogP) is 12.5. The van der Waals surface area contributed by atoms with E-state index < -0.39 is 86.8 Å². The van der Waals surface area contributed by atoms with Gasteiger partial charge in [-0.05, 0) is 103 Å². The van der Waals surface area contributed by atoms with Gasteiger partial charge in [0, 0.05) is 6.42 Å². The second-order valence-electron chi connectivity index (χ2n) is 22.2. The Bertz CT molecular complexity index is 1980. The summed E-state index contributed by atoms with van der Waals surface area (Å²) in [6.07, 6.45) is 64.7. The molecule has 12 atom stereocenters. The van der Waals surface area contributed by atoms with E-state index in [4.69, 9.17) is 18.9 Å². The molecular weight excluding hydrogens is 1070 g/mol. The first kappa shape index (κ1) is 77.0. The van der Waals surface area contributed by atoms with E-state index in [2.05, 4.69) is 153 Å². The fourth-order valence-electron chi connectivity index (χ4n) is 9.59. The van der Waals surface area contributed by atoms with Crippen molar-refractivity contribution in [2.24, 2.45) is 0 Å². The van der Waals surface area contributed by atoms with Crippen LogP contribution in [0, 0.1) is 0 Å². The van der Waals surface area contributed by atoms with Gasteiger partial charge in [0.25, 0.3) is 0 Å². The van der Waals surface area contributed by atoms with E-state index in [1.54, 1.807) is 6.08 Å². The third-order valence-corrected chi connectivity index (χ3v) is 14.8. The molecule has 0 aromatic carbocycles. The highest BCUT2D eigenvalue weighted by atomic mass is 16.7. The Morgan fingerprint density at radius 3 is 1.25 bits per heavy atom. The molecule has 2 aliphatic heterocycles. The molecule has 2 saturated heterocycles. The van der Waals surface area contributed by atoms with E-state index in [1.165, 1.54) is 44.9 Å². The van der Waals surface area contributed by atoms with Crippen LogP contribution in [0.5, 0.6) is 0 Å². The van der Waals surface area contributed by atoms with Gasteiger partial charge >= 0.3 is 0 Å². The number of allylic oxidation sites excluding steroid dienone is 23. The maximum absolute atomic E-state index is 13.3. The molecule has 1 amide bonds. The van der Waals surface area contributed by atoms with Gasteiger partial charge in [-0.1, -0.05) is 237 Å². The highest BCUT2D eigenvalue weighted by molar-refractivity contribution is 5.76. The maximum atomic E-state index is 13.3. The van der Waals surface area contributed by atoms with Crippen LogP contribution in [0.4, 0.5) is 0 Å². The Hall–Kier alpha value is -4.13. The largest absolute Gasteiger partial charge is 0.394 e. The van der Waals surface area contributed by atoms with Crippen LogP contribution in [-0.2, 0) is 23.7 Å². The number of aliphatic hydroxyl groups is 8. The molecule has 12 unspecified atom stereocenters. The minimum Gasteiger partial charge on any atom is -0.394 e. The summed E-state index contributed by atoms with van der Waals surface area (Å²) in [6, 6.07) is -0.935. The van der Waals surface area contributed by atoms with Crippen molar-refractivity contribution >= 4 is 5.91 Å². The summed E-state index contributed by atoms with van der Waals surface area (Å²) in [6.45, 7) is 2.63. The summed E-state index contributed by atoms with van der Waals surface area (Å²) >= 11 is 0. The minimum atomic E-state index is -1.80. The van der Waals surface area contributed by atoms with Crippen molar-refractivity contribution in [1.82, 2.24) is 5.32 Å². The van der Waals surface area contributed by atoms with Crippen LogP contribution >= 0.6 is 0 Å². The van der Waals surface area contributed by atoms with Crippen molar-refractivity contribution in [3.05, 3.63) is 146 Å². The lowest BCUT2D eigenvalue weighted by molar-refractivity contribution is -0.359. The number of amides is 1. The zero-order valence-electron chi connectivity index (χ0n) is 52.0. The van der Waals surface area contributed by atoms with Gasteiger partial charge in [0.05, 0.1) is 32.0 Å². The zero-order valence-corrected chi connectivity index (χ0v) is 52.0. The van der Waals surface area contributed by atoms with Gasteiger partial charge < -0.3 is 65.1 Å². The van der Waals surface area contributed by atoms with Crippen molar-refractivity contribution in [1.29, 1.82) is 0 Å². The van der Waals surface area contributed by atoms with Crippen LogP contribution in [0.15, 0.2) is 146 Å².